The molecular formula is C26H34F3N3O3S. The summed E-state index contributed by atoms with van der Waals surface area (Å²) in [6, 6.07) is 13.7. The van der Waals surface area contributed by atoms with Crippen molar-refractivity contribution in [2.24, 2.45) is 0 Å². The zero-order valence-electron chi connectivity index (χ0n) is 20.8. The number of amides is 1. The summed E-state index contributed by atoms with van der Waals surface area (Å²) in [7, 11) is -5.26. The van der Waals surface area contributed by atoms with Gasteiger partial charge in [-0.15, -0.1) is 9.53 Å². The van der Waals surface area contributed by atoms with Crippen LogP contribution in [0.15, 0.2) is 54.1 Å². The van der Waals surface area contributed by atoms with Crippen molar-refractivity contribution in [1.82, 2.24) is 10.2 Å². The molecule has 0 bridgehead atoms. The van der Waals surface area contributed by atoms with Crippen LogP contribution in [0.5, 0.6) is 0 Å². The van der Waals surface area contributed by atoms with E-state index < -0.39 is 21.5 Å². The van der Waals surface area contributed by atoms with E-state index in [-0.39, 0.29) is 11.6 Å². The maximum absolute atomic E-state index is 13.1. The number of hydrogen-bond donors (Lipinski definition) is 3. The maximum Gasteiger partial charge on any atom is 0.407 e. The molecule has 1 fully saturated rings. The summed E-state index contributed by atoms with van der Waals surface area (Å²) in [5.74, 6) is -1.94. The Bertz CT molecular complexity index is 1170. The lowest BCUT2D eigenvalue weighted by molar-refractivity contribution is -0.107. The normalized spacial score (nSPS) is 15.6. The zero-order valence-corrected chi connectivity index (χ0v) is 21.6. The zero-order chi connectivity index (χ0) is 26.6. The molecule has 10 heteroatoms. The van der Waals surface area contributed by atoms with Crippen LogP contribution in [0.4, 0.5) is 18.9 Å². The Morgan fingerprint density at radius 2 is 1.58 bits per heavy atom. The van der Waals surface area contributed by atoms with Gasteiger partial charge in [0.25, 0.3) is 5.91 Å². The SMILES string of the molecule is CCN(CC)C(=O)c1ccc(C(=C2CCNCC2)c2ccccc2NS(C)(=O)(O)CC(F)(F)F)cc1. The van der Waals surface area contributed by atoms with Crippen LogP contribution in [0.3, 0.4) is 0 Å². The molecule has 0 aliphatic carbocycles. The van der Waals surface area contributed by atoms with Gasteiger partial charge < -0.3 is 10.2 Å². The second kappa shape index (κ2) is 10.7. The Morgan fingerprint density at radius 3 is 2.14 bits per heavy atom. The van der Waals surface area contributed by atoms with Gasteiger partial charge in [-0.3, -0.25) is 14.1 Å². The molecule has 2 aromatic carbocycles. The van der Waals surface area contributed by atoms with Crippen molar-refractivity contribution in [2.75, 3.05) is 42.9 Å². The smallest absolute Gasteiger partial charge is 0.339 e. The Labute approximate surface area is 210 Å². The first kappa shape index (κ1) is 27.9. The molecule has 36 heavy (non-hydrogen) atoms. The third-order valence-corrected chi connectivity index (χ3v) is 7.85. The van der Waals surface area contributed by atoms with Gasteiger partial charge in [-0.25, -0.2) is 0 Å². The topological polar surface area (TPSA) is 81.7 Å². The van der Waals surface area contributed by atoms with Crippen molar-refractivity contribution in [3.8, 4) is 0 Å². The standard InChI is InChI=1S/C26H34F3N3O3S/c1-4-32(5-2)25(33)21-12-10-19(11-13-21)24(20-14-16-30-17-15-20)22-8-6-7-9-23(22)31-36(3,34,35)18-26(27,28)29/h6-13,30H,4-5,14-18H2,1-3H3,(H2,31,34,35). The summed E-state index contributed by atoms with van der Waals surface area (Å²) in [4.78, 5) is 14.5. The summed E-state index contributed by atoms with van der Waals surface area (Å²) in [5.41, 5.74) is 3.88. The highest BCUT2D eigenvalue weighted by molar-refractivity contribution is 8.15. The monoisotopic (exact) mass is 525 g/mol. The average molecular weight is 526 g/mol. The lowest BCUT2D eigenvalue weighted by atomic mass is 9.87. The van der Waals surface area contributed by atoms with Crippen molar-refractivity contribution in [3.63, 3.8) is 0 Å². The number of hydrogen-bond acceptors (Lipinski definition) is 3. The first-order chi connectivity index (χ1) is 16.8. The molecule has 0 atom stereocenters. The van der Waals surface area contributed by atoms with Crippen molar-refractivity contribution >= 4 is 26.7 Å². The summed E-state index contributed by atoms with van der Waals surface area (Å²) < 4.78 is 65.1. The number of piperidine rings is 1. The van der Waals surface area contributed by atoms with E-state index in [4.69, 9.17) is 0 Å². The minimum Gasteiger partial charge on any atom is -0.339 e. The van der Waals surface area contributed by atoms with Gasteiger partial charge in [0.15, 0.2) is 0 Å². The van der Waals surface area contributed by atoms with E-state index in [1.165, 1.54) is 6.07 Å². The van der Waals surface area contributed by atoms with Gasteiger partial charge in [0.05, 0.1) is 5.69 Å². The first-order valence-electron chi connectivity index (χ1n) is 12.0. The number of anilines is 1. The van der Waals surface area contributed by atoms with Gasteiger partial charge in [0.1, 0.15) is 5.75 Å². The van der Waals surface area contributed by atoms with Crippen LogP contribution >= 0.6 is 0 Å². The summed E-state index contributed by atoms with van der Waals surface area (Å²) in [6.45, 7) is 6.50. The Morgan fingerprint density at radius 1 is 1.03 bits per heavy atom. The van der Waals surface area contributed by atoms with Crippen molar-refractivity contribution in [2.45, 2.75) is 32.9 Å². The third kappa shape index (κ3) is 7.18. The molecule has 1 heterocycles. The lowest BCUT2D eigenvalue weighted by Gasteiger charge is -2.41. The molecule has 1 aliphatic rings. The van der Waals surface area contributed by atoms with Gasteiger partial charge in [-0.05, 0) is 69.1 Å². The number of nitrogens with one attached hydrogen (secondary N) is 2. The number of carbonyl (C=O) groups excluding carboxylic acids is 1. The molecule has 1 aliphatic heterocycles. The van der Waals surface area contributed by atoms with Crippen LogP contribution < -0.4 is 10.0 Å². The molecule has 1 amide bonds. The highest BCUT2D eigenvalue weighted by Gasteiger charge is 2.39. The maximum atomic E-state index is 13.1. The highest BCUT2D eigenvalue weighted by Crippen LogP contribution is 2.38. The number of rotatable bonds is 8. The molecule has 0 unspecified atom stereocenters. The Kier molecular flexibility index (Phi) is 8.32. The van der Waals surface area contributed by atoms with Crippen LogP contribution in [0.2, 0.25) is 0 Å². The molecule has 1 saturated heterocycles. The van der Waals surface area contributed by atoms with Gasteiger partial charge in [0, 0.05) is 30.5 Å². The van der Waals surface area contributed by atoms with Crippen molar-refractivity contribution in [3.05, 3.63) is 70.8 Å². The quantitative estimate of drug-likeness (QED) is 0.444. The van der Waals surface area contributed by atoms with E-state index in [1.807, 2.05) is 26.0 Å². The molecule has 0 spiro atoms. The van der Waals surface area contributed by atoms with Gasteiger partial charge >= 0.3 is 6.18 Å². The summed E-state index contributed by atoms with van der Waals surface area (Å²) in [5, 5.41) is 3.30. The van der Waals surface area contributed by atoms with Gasteiger partial charge in [0.2, 0.25) is 0 Å². The van der Waals surface area contributed by atoms with Crippen molar-refractivity contribution in [1.29, 1.82) is 0 Å². The lowest BCUT2D eigenvalue weighted by Crippen LogP contribution is -2.47. The molecule has 3 N–H and O–H groups in total. The Hall–Kier alpha value is -2.69. The van der Waals surface area contributed by atoms with Crippen molar-refractivity contribution < 1.29 is 26.7 Å². The fraction of sp³-hybridized carbons (Fsp3) is 0.423. The number of carbonyl (C=O) groups is 1. The third-order valence-electron chi connectivity index (χ3n) is 6.10. The number of nitrogens with zero attached hydrogens (tertiary/aromatic N) is 1. The fourth-order valence-corrected chi connectivity index (χ4v) is 6.08. The predicted molar refractivity (Wildman–Crippen MR) is 140 cm³/mol. The summed E-state index contributed by atoms with van der Waals surface area (Å²) in [6.07, 6.45) is -2.68. The molecule has 2 aromatic rings. The number of benzene rings is 2. The average Bonchev–Trinajstić information content (AvgIpc) is 2.80. The fourth-order valence-electron chi connectivity index (χ4n) is 4.49. The molecule has 6 nitrogen and oxygen atoms in total. The Balaban J connectivity index is 2.09. The second-order valence-corrected chi connectivity index (χ2v) is 12.6. The second-order valence-electron chi connectivity index (χ2n) is 9.17. The van der Waals surface area contributed by atoms with Crippen LogP contribution in [-0.4, -0.2) is 63.9 Å². The van der Waals surface area contributed by atoms with E-state index >= 15 is 0 Å². The van der Waals surface area contributed by atoms with Crippen LogP contribution in [0, 0.1) is 0 Å². The van der Waals surface area contributed by atoms with Crippen LogP contribution in [-0.2, 0) is 9.53 Å². The van der Waals surface area contributed by atoms with E-state index in [9.17, 15) is 26.7 Å². The first-order valence-corrected chi connectivity index (χ1v) is 14.5. The molecule has 0 saturated carbocycles. The highest BCUT2D eigenvalue weighted by atomic mass is 32.3. The van der Waals surface area contributed by atoms with E-state index in [0.29, 0.717) is 30.5 Å². The largest absolute Gasteiger partial charge is 0.407 e. The molecule has 0 aromatic heterocycles. The van der Waals surface area contributed by atoms with Gasteiger partial charge in [-0.2, -0.15) is 17.4 Å². The van der Waals surface area contributed by atoms with E-state index in [0.717, 1.165) is 42.6 Å². The van der Waals surface area contributed by atoms with E-state index in [1.54, 1.807) is 35.2 Å². The molecule has 3 rings (SSSR count). The van der Waals surface area contributed by atoms with Crippen LogP contribution in [0.1, 0.15) is 48.2 Å². The number of para-hydroxylation sites is 1. The summed E-state index contributed by atoms with van der Waals surface area (Å²) >= 11 is 0. The molecular weight excluding hydrogens is 491 g/mol. The minimum absolute atomic E-state index is 0.0779. The van der Waals surface area contributed by atoms with E-state index in [2.05, 4.69) is 10.0 Å². The molecule has 0 radical (unpaired) electrons. The predicted octanol–water partition coefficient (Wildman–Crippen LogP) is 5.17. The number of alkyl halides is 3. The minimum atomic E-state index is -5.26. The van der Waals surface area contributed by atoms with Crippen LogP contribution in [0.25, 0.3) is 5.57 Å². The number of halogens is 3. The van der Waals surface area contributed by atoms with Gasteiger partial charge in [-0.1, -0.05) is 35.9 Å². The molecule has 198 valence electrons.